The summed E-state index contributed by atoms with van der Waals surface area (Å²) in [7, 11) is 1.52. The molecule has 0 fully saturated rings. The molecule has 0 bridgehead atoms. The average molecular weight is 301 g/mol. The molecule has 1 amide bonds. The van der Waals surface area contributed by atoms with Gasteiger partial charge in [0.05, 0.1) is 10.6 Å². The van der Waals surface area contributed by atoms with E-state index in [0.717, 1.165) is 16.2 Å². The Morgan fingerprint density at radius 1 is 1.53 bits per heavy atom. The second kappa shape index (κ2) is 7.37. The van der Waals surface area contributed by atoms with Crippen LogP contribution in [0, 0.1) is 6.92 Å². The highest BCUT2D eigenvalue weighted by atomic mass is 35.5. The molecule has 5 nitrogen and oxygen atoms in total. The van der Waals surface area contributed by atoms with E-state index in [1.54, 1.807) is 17.8 Å². The topological polar surface area (TPSA) is 79.5 Å². The standard InChI is InChI=1S/C12H17ClN4OS/c1-4-19-10-7(2)5-6-8(9(10)13)11(18)16-12(15-3)17-14/h5-6H,4,14H2,1-3H3,(H2,15,16,17,18). The van der Waals surface area contributed by atoms with Gasteiger partial charge in [-0.25, -0.2) is 5.84 Å². The Morgan fingerprint density at radius 3 is 2.74 bits per heavy atom. The number of aryl methyl sites for hydroxylation is 1. The second-order valence-electron chi connectivity index (χ2n) is 3.68. The highest BCUT2D eigenvalue weighted by molar-refractivity contribution is 7.99. The smallest absolute Gasteiger partial charge is 0.259 e. The van der Waals surface area contributed by atoms with E-state index < -0.39 is 0 Å². The summed E-state index contributed by atoms with van der Waals surface area (Å²) in [4.78, 5) is 16.8. The van der Waals surface area contributed by atoms with E-state index in [-0.39, 0.29) is 11.9 Å². The molecule has 19 heavy (non-hydrogen) atoms. The monoisotopic (exact) mass is 300 g/mol. The minimum Gasteiger partial charge on any atom is -0.294 e. The lowest BCUT2D eigenvalue weighted by Gasteiger charge is -2.12. The number of hydrogen-bond acceptors (Lipinski definition) is 4. The summed E-state index contributed by atoms with van der Waals surface area (Å²) in [5.74, 6) is 5.94. The Morgan fingerprint density at radius 2 is 2.21 bits per heavy atom. The van der Waals surface area contributed by atoms with Crippen LogP contribution in [0.5, 0.6) is 0 Å². The van der Waals surface area contributed by atoms with E-state index in [4.69, 9.17) is 17.4 Å². The van der Waals surface area contributed by atoms with Crippen molar-refractivity contribution < 1.29 is 4.79 Å². The molecule has 1 aromatic carbocycles. The molecular weight excluding hydrogens is 284 g/mol. The highest BCUT2D eigenvalue weighted by Crippen LogP contribution is 2.33. The quantitative estimate of drug-likeness (QED) is 0.262. The number of carbonyl (C=O) groups is 1. The average Bonchev–Trinajstić information content (AvgIpc) is 2.40. The summed E-state index contributed by atoms with van der Waals surface area (Å²) >= 11 is 7.89. The van der Waals surface area contributed by atoms with E-state index in [1.807, 2.05) is 19.9 Å². The molecule has 4 N–H and O–H groups in total. The van der Waals surface area contributed by atoms with Gasteiger partial charge in [0.25, 0.3) is 5.91 Å². The fourth-order valence-corrected chi connectivity index (χ4v) is 2.76. The van der Waals surface area contributed by atoms with E-state index in [1.165, 1.54) is 7.05 Å². The molecule has 0 spiro atoms. The van der Waals surface area contributed by atoms with Crippen LogP contribution >= 0.6 is 23.4 Å². The Labute approximate surface area is 122 Å². The van der Waals surface area contributed by atoms with Crippen LogP contribution in [0.25, 0.3) is 0 Å². The minimum absolute atomic E-state index is 0.186. The van der Waals surface area contributed by atoms with E-state index in [0.29, 0.717) is 10.6 Å². The number of rotatable bonds is 3. The molecule has 0 aliphatic heterocycles. The second-order valence-corrected chi connectivity index (χ2v) is 5.33. The fourth-order valence-electron chi connectivity index (χ4n) is 1.48. The first-order chi connectivity index (χ1) is 9.04. The van der Waals surface area contributed by atoms with Crippen molar-refractivity contribution in [2.75, 3.05) is 12.8 Å². The van der Waals surface area contributed by atoms with E-state index in [2.05, 4.69) is 15.7 Å². The molecule has 0 radical (unpaired) electrons. The number of nitrogens with one attached hydrogen (secondary N) is 2. The van der Waals surface area contributed by atoms with Crippen LogP contribution in [0.1, 0.15) is 22.8 Å². The Kier molecular flexibility index (Phi) is 6.14. The van der Waals surface area contributed by atoms with Gasteiger partial charge in [0.1, 0.15) is 0 Å². The van der Waals surface area contributed by atoms with Crippen molar-refractivity contribution in [3.63, 3.8) is 0 Å². The molecule has 0 atom stereocenters. The minimum atomic E-state index is -0.346. The third-order valence-corrected chi connectivity index (χ3v) is 4.03. The lowest BCUT2D eigenvalue weighted by Crippen LogP contribution is -2.44. The van der Waals surface area contributed by atoms with Gasteiger partial charge in [-0.15, -0.1) is 11.8 Å². The van der Waals surface area contributed by atoms with Crippen LogP contribution in [0.4, 0.5) is 0 Å². The zero-order chi connectivity index (χ0) is 14.4. The van der Waals surface area contributed by atoms with Gasteiger partial charge in [0.15, 0.2) is 0 Å². The van der Waals surface area contributed by atoms with Crippen molar-refractivity contribution in [2.45, 2.75) is 18.7 Å². The zero-order valence-corrected chi connectivity index (χ0v) is 12.7. The Balaban J connectivity index is 3.07. The first kappa shape index (κ1) is 15.8. The van der Waals surface area contributed by atoms with Crippen LogP contribution < -0.4 is 16.6 Å². The zero-order valence-electron chi connectivity index (χ0n) is 11.1. The van der Waals surface area contributed by atoms with Crippen LogP contribution in [0.2, 0.25) is 5.02 Å². The Hall–Kier alpha value is -1.24. The van der Waals surface area contributed by atoms with Crippen molar-refractivity contribution in [1.82, 2.24) is 10.7 Å². The maximum absolute atomic E-state index is 12.1. The molecule has 0 aliphatic carbocycles. The van der Waals surface area contributed by atoms with Crippen molar-refractivity contribution in [1.29, 1.82) is 0 Å². The van der Waals surface area contributed by atoms with Crippen molar-refractivity contribution in [2.24, 2.45) is 10.8 Å². The summed E-state index contributed by atoms with van der Waals surface area (Å²) in [6.07, 6.45) is 0. The van der Waals surface area contributed by atoms with Crippen LogP contribution in [-0.4, -0.2) is 24.7 Å². The Bertz CT molecular complexity index is 505. The van der Waals surface area contributed by atoms with Gasteiger partial charge in [-0.1, -0.05) is 24.6 Å². The number of benzene rings is 1. The molecular formula is C12H17ClN4OS. The number of hydrazine groups is 1. The number of thioether (sulfide) groups is 1. The first-order valence-corrected chi connectivity index (χ1v) is 7.08. The van der Waals surface area contributed by atoms with Crippen LogP contribution in [0.15, 0.2) is 22.0 Å². The molecule has 0 heterocycles. The largest absolute Gasteiger partial charge is 0.294 e. The molecule has 0 saturated heterocycles. The number of aliphatic imine (C=N–C) groups is 1. The predicted octanol–water partition coefficient (Wildman–Crippen LogP) is 1.94. The molecule has 1 aromatic rings. The maximum Gasteiger partial charge on any atom is 0.259 e. The van der Waals surface area contributed by atoms with Gasteiger partial charge >= 0.3 is 0 Å². The third-order valence-electron chi connectivity index (χ3n) is 2.42. The number of halogens is 1. The lowest BCUT2D eigenvalue weighted by atomic mass is 10.1. The summed E-state index contributed by atoms with van der Waals surface area (Å²) in [6.45, 7) is 4.00. The van der Waals surface area contributed by atoms with Gasteiger partial charge < -0.3 is 0 Å². The van der Waals surface area contributed by atoms with Gasteiger partial charge in [-0.2, -0.15) is 0 Å². The third kappa shape index (κ3) is 3.86. The molecule has 1 rings (SSSR count). The lowest BCUT2D eigenvalue weighted by molar-refractivity contribution is 0.0975. The first-order valence-electron chi connectivity index (χ1n) is 5.71. The van der Waals surface area contributed by atoms with Gasteiger partial charge in [0.2, 0.25) is 5.96 Å². The molecule has 0 saturated carbocycles. The predicted molar refractivity (Wildman–Crippen MR) is 80.7 cm³/mol. The van der Waals surface area contributed by atoms with E-state index in [9.17, 15) is 4.79 Å². The fraction of sp³-hybridized carbons (Fsp3) is 0.333. The number of carbonyl (C=O) groups excluding carboxylic acids is 1. The number of nitrogens with zero attached hydrogens (tertiary/aromatic N) is 1. The summed E-state index contributed by atoms with van der Waals surface area (Å²) in [6, 6.07) is 3.56. The highest BCUT2D eigenvalue weighted by Gasteiger charge is 2.16. The molecule has 0 unspecified atom stereocenters. The van der Waals surface area contributed by atoms with Crippen molar-refractivity contribution in [3.8, 4) is 0 Å². The number of hydrogen-bond donors (Lipinski definition) is 3. The molecule has 0 aliphatic rings. The van der Waals surface area contributed by atoms with Crippen molar-refractivity contribution >= 4 is 35.2 Å². The number of nitrogens with two attached hydrogens (primary N) is 1. The summed E-state index contributed by atoms with van der Waals surface area (Å²) < 4.78 is 0. The maximum atomic E-state index is 12.1. The molecule has 0 aromatic heterocycles. The van der Waals surface area contributed by atoms with Gasteiger partial charge in [0, 0.05) is 11.9 Å². The van der Waals surface area contributed by atoms with E-state index >= 15 is 0 Å². The number of amides is 1. The summed E-state index contributed by atoms with van der Waals surface area (Å²) in [5.41, 5.74) is 3.75. The van der Waals surface area contributed by atoms with Crippen molar-refractivity contribution in [3.05, 3.63) is 28.3 Å². The molecule has 104 valence electrons. The van der Waals surface area contributed by atoms with Crippen LogP contribution in [-0.2, 0) is 0 Å². The molecule has 7 heteroatoms. The van der Waals surface area contributed by atoms with Gasteiger partial charge in [-0.3, -0.25) is 20.5 Å². The SMILES string of the molecule is CCSc1c(C)ccc(C(=O)NC(=NC)NN)c1Cl. The van der Waals surface area contributed by atoms with Crippen LogP contribution in [0.3, 0.4) is 0 Å². The normalized spacial score (nSPS) is 11.3. The number of guanidine groups is 1. The van der Waals surface area contributed by atoms with Gasteiger partial charge in [-0.05, 0) is 24.3 Å². The summed E-state index contributed by atoms with van der Waals surface area (Å²) in [5, 5.41) is 3.00.